The first-order valence-electron chi connectivity index (χ1n) is 8.78. The number of carbonyl (C=O) groups excluding carboxylic acids is 2. The lowest BCUT2D eigenvalue weighted by Crippen LogP contribution is -2.48. The number of esters is 1. The third-order valence-corrected chi connectivity index (χ3v) is 3.81. The van der Waals surface area contributed by atoms with Gasteiger partial charge in [-0.3, -0.25) is 9.69 Å². The molecule has 138 valence electrons. The summed E-state index contributed by atoms with van der Waals surface area (Å²) >= 11 is 0. The summed E-state index contributed by atoms with van der Waals surface area (Å²) in [6.45, 7) is 10.2. The summed E-state index contributed by atoms with van der Waals surface area (Å²) in [4.78, 5) is 26.2. The maximum atomic E-state index is 12.2. The van der Waals surface area contributed by atoms with Crippen LogP contribution in [0.15, 0.2) is 24.3 Å². The van der Waals surface area contributed by atoms with Gasteiger partial charge in [0, 0.05) is 18.8 Å². The fourth-order valence-electron chi connectivity index (χ4n) is 2.83. The van der Waals surface area contributed by atoms with E-state index in [-0.39, 0.29) is 24.1 Å². The molecule has 1 fully saturated rings. The highest BCUT2D eigenvalue weighted by Crippen LogP contribution is 2.13. The molecule has 1 heterocycles. The molecule has 6 nitrogen and oxygen atoms in total. The lowest BCUT2D eigenvalue weighted by atomic mass is 10.2. The predicted molar refractivity (Wildman–Crippen MR) is 96.6 cm³/mol. The normalized spacial score (nSPS) is 21.2. The van der Waals surface area contributed by atoms with E-state index in [1.165, 1.54) is 0 Å². The van der Waals surface area contributed by atoms with Gasteiger partial charge < -0.3 is 14.8 Å². The largest absolute Gasteiger partial charge is 0.462 e. The van der Waals surface area contributed by atoms with E-state index < -0.39 is 0 Å². The highest BCUT2D eigenvalue weighted by molar-refractivity contribution is 5.94. The van der Waals surface area contributed by atoms with Gasteiger partial charge in [-0.15, -0.1) is 0 Å². The average Bonchev–Trinajstić information content (AvgIpc) is 2.52. The summed E-state index contributed by atoms with van der Waals surface area (Å²) < 4.78 is 10.9. The summed E-state index contributed by atoms with van der Waals surface area (Å²) in [5.74, 6) is -0.118. The number of nitrogens with zero attached hydrogens (tertiary/aromatic N) is 1. The molecule has 0 saturated carbocycles. The Morgan fingerprint density at radius 2 is 1.80 bits per heavy atom. The van der Waals surface area contributed by atoms with Crippen LogP contribution in [0.2, 0.25) is 0 Å². The van der Waals surface area contributed by atoms with Crippen LogP contribution < -0.4 is 5.32 Å². The number of anilines is 1. The number of amides is 1. The molecule has 2 atom stereocenters. The van der Waals surface area contributed by atoms with Crippen molar-refractivity contribution in [2.75, 3.05) is 31.6 Å². The van der Waals surface area contributed by atoms with Crippen molar-refractivity contribution in [3.63, 3.8) is 0 Å². The van der Waals surface area contributed by atoms with E-state index in [4.69, 9.17) is 9.47 Å². The Morgan fingerprint density at radius 3 is 2.36 bits per heavy atom. The van der Waals surface area contributed by atoms with Gasteiger partial charge in [-0.25, -0.2) is 4.79 Å². The summed E-state index contributed by atoms with van der Waals surface area (Å²) in [5, 5.41) is 2.86. The molecule has 1 saturated heterocycles. The number of rotatable bonds is 6. The van der Waals surface area contributed by atoms with Gasteiger partial charge >= 0.3 is 5.97 Å². The lowest BCUT2D eigenvalue weighted by Gasteiger charge is -2.34. The molecule has 1 aromatic rings. The molecule has 1 aliphatic heterocycles. The molecule has 1 aromatic carbocycles. The van der Waals surface area contributed by atoms with Crippen molar-refractivity contribution in [1.29, 1.82) is 0 Å². The van der Waals surface area contributed by atoms with Crippen LogP contribution in [0.25, 0.3) is 0 Å². The van der Waals surface area contributed by atoms with Gasteiger partial charge in [0.05, 0.1) is 30.9 Å². The highest BCUT2D eigenvalue weighted by Gasteiger charge is 2.23. The Kier molecular flexibility index (Phi) is 6.96. The van der Waals surface area contributed by atoms with Gasteiger partial charge in [0.15, 0.2) is 0 Å². The molecule has 2 unspecified atom stereocenters. The van der Waals surface area contributed by atoms with E-state index in [9.17, 15) is 9.59 Å². The first kappa shape index (κ1) is 19.4. The average molecular weight is 348 g/mol. The Bertz CT molecular complexity index is 576. The molecule has 1 aliphatic rings. The van der Waals surface area contributed by atoms with Crippen LogP contribution in [0.4, 0.5) is 5.69 Å². The second kappa shape index (κ2) is 8.97. The van der Waals surface area contributed by atoms with Crippen LogP contribution in [-0.4, -0.2) is 55.2 Å². The van der Waals surface area contributed by atoms with E-state index in [1.807, 2.05) is 27.7 Å². The number of hydrogen-bond acceptors (Lipinski definition) is 5. The molecular formula is C19H28N2O4. The van der Waals surface area contributed by atoms with Crippen LogP contribution in [0.1, 0.15) is 38.1 Å². The molecule has 0 radical (unpaired) electrons. The minimum Gasteiger partial charge on any atom is -0.462 e. The Morgan fingerprint density at radius 1 is 1.20 bits per heavy atom. The summed E-state index contributed by atoms with van der Waals surface area (Å²) in [6.07, 6.45) is 0.264. The number of carbonyl (C=O) groups is 2. The van der Waals surface area contributed by atoms with Crippen molar-refractivity contribution < 1.29 is 19.1 Å². The summed E-state index contributed by atoms with van der Waals surface area (Å²) in [7, 11) is 0. The molecule has 0 bridgehead atoms. The summed E-state index contributed by atoms with van der Waals surface area (Å²) in [5.41, 5.74) is 1.15. The molecule has 6 heteroatoms. The number of hydrogen-bond donors (Lipinski definition) is 1. The van der Waals surface area contributed by atoms with Crippen LogP contribution >= 0.6 is 0 Å². The summed E-state index contributed by atoms with van der Waals surface area (Å²) in [6, 6.07) is 6.76. The zero-order valence-electron chi connectivity index (χ0n) is 15.5. The van der Waals surface area contributed by atoms with Gasteiger partial charge in [0.1, 0.15) is 0 Å². The molecule has 0 aromatic heterocycles. The lowest BCUT2D eigenvalue weighted by molar-refractivity contribution is -0.121. The third kappa shape index (κ3) is 6.48. The standard InChI is InChI=1S/C19H28N2O4/c1-13(2)12-24-19(23)16-5-7-17(8-6-16)20-18(22)11-21-9-14(3)25-15(4)10-21/h5-8,13-15H,9-12H2,1-4H3,(H,20,22). The third-order valence-electron chi connectivity index (χ3n) is 3.81. The molecule has 1 amide bonds. The van der Waals surface area contributed by atoms with Gasteiger partial charge in [-0.05, 0) is 44.0 Å². The predicted octanol–water partition coefficient (Wildman–Crippen LogP) is 2.55. The van der Waals surface area contributed by atoms with E-state index in [0.29, 0.717) is 30.3 Å². The molecule has 1 N–H and O–H groups in total. The first-order valence-corrected chi connectivity index (χ1v) is 8.78. The zero-order valence-corrected chi connectivity index (χ0v) is 15.5. The SMILES string of the molecule is CC(C)COC(=O)c1ccc(NC(=O)CN2CC(C)OC(C)C2)cc1. The van der Waals surface area contributed by atoms with Crippen molar-refractivity contribution >= 4 is 17.6 Å². The van der Waals surface area contributed by atoms with Gasteiger partial charge in [-0.2, -0.15) is 0 Å². The minimum atomic E-state index is -0.345. The number of benzene rings is 1. The molecule has 25 heavy (non-hydrogen) atoms. The van der Waals surface area contributed by atoms with Crippen LogP contribution in [0, 0.1) is 5.92 Å². The number of ether oxygens (including phenoxy) is 2. The monoisotopic (exact) mass is 348 g/mol. The first-order chi connectivity index (χ1) is 11.8. The number of morpholine rings is 1. The van der Waals surface area contributed by atoms with Crippen molar-refractivity contribution in [2.45, 2.75) is 39.9 Å². The Hall–Kier alpha value is -1.92. The van der Waals surface area contributed by atoms with Crippen LogP contribution in [0.3, 0.4) is 0 Å². The van der Waals surface area contributed by atoms with E-state index >= 15 is 0 Å². The van der Waals surface area contributed by atoms with Crippen molar-refractivity contribution in [1.82, 2.24) is 4.90 Å². The Balaban J connectivity index is 1.84. The fraction of sp³-hybridized carbons (Fsp3) is 0.579. The topological polar surface area (TPSA) is 67.9 Å². The second-order valence-electron chi connectivity index (χ2n) is 7.07. The van der Waals surface area contributed by atoms with Crippen molar-refractivity contribution in [3.8, 4) is 0 Å². The second-order valence-corrected chi connectivity index (χ2v) is 7.07. The van der Waals surface area contributed by atoms with E-state index in [2.05, 4.69) is 10.2 Å². The van der Waals surface area contributed by atoms with E-state index in [1.54, 1.807) is 24.3 Å². The smallest absolute Gasteiger partial charge is 0.338 e. The van der Waals surface area contributed by atoms with Crippen molar-refractivity contribution in [2.24, 2.45) is 5.92 Å². The van der Waals surface area contributed by atoms with Gasteiger partial charge in [-0.1, -0.05) is 13.8 Å². The van der Waals surface area contributed by atoms with E-state index in [0.717, 1.165) is 13.1 Å². The van der Waals surface area contributed by atoms with Gasteiger partial charge in [0.25, 0.3) is 0 Å². The maximum absolute atomic E-state index is 12.2. The maximum Gasteiger partial charge on any atom is 0.338 e. The van der Waals surface area contributed by atoms with Crippen LogP contribution in [0.5, 0.6) is 0 Å². The molecule has 2 rings (SSSR count). The molecular weight excluding hydrogens is 320 g/mol. The molecule has 0 aliphatic carbocycles. The fourth-order valence-corrected chi connectivity index (χ4v) is 2.83. The van der Waals surface area contributed by atoms with Crippen molar-refractivity contribution in [3.05, 3.63) is 29.8 Å². The number of nitrogens with one attached hydrogen (secondary N) is 1. The Labute approximate surface area is 149 Å². The molecule has 0 spiro atoms. The quantitative estimate of drug-likeness (QED) is 0.800. The minimum absolute atomic E-state index is 0.0727. The highest BCUT2D eigenvalue weighted by atomic mass is 16.5. The van der Waals surface area contributed by atoms with Gasteiger partial charge in [0.2, 0.25) is 5.91 Å². The van der Waals surface area contributed by atoms with Crippen LogP contribution in [-0.2, 0) is 14.3 Å². The zero-order chi connectivity index (χ0) is 18.4.